The van der Waals surface area contributed by atoms with Gasteiger partial charge in [0.15, 0.2) is 0 Å². The van der Waals surface area contributed by atoms with Crippen LogP contribution >= 0.6 is 0 Å². The molecule has 6 nitrogen and oxygen atoms in total. The van der Waals surface area contributed by atoms with E-state index in [4.69, 9.17) is 0 Å². The topological polar surface area (TPSA) is 67.3 Å². The summed E-state index contributed by atoms with van der Waals surface area (Å²) in [5, 5.41) is 36.5. The molecule has 0 N–H and O–H groups in total. The lowest BCUT2D eigenvalue weighted by Gasteiger charge is -2.16. The number of hydrogen-bond acceptors (Lipinski definition) is 2. The van der Waals surface area contributed by atoms with Gasteiger partial charge in [-0.15, -0.1) is 0 Å². The van der Waals surface area contributed by atoms with Crippen LogP contribution in [0.2, 0.25) is 0 Å². The molecule has 15 aromatic rings. The number of nitriles is 2. The largest absolute Gasteiger partial charge is 0.309 e. The molecule has 0 aliphatic carbocycles. The molecule has 4 aromatic heterocycles. The molecule has 0 bridgehead atoms. The second kappa shape index (κ2) is 14.3. The van der Waals surface area contributed by atoms with Gasteiger partial charge in [-0.25, -0.2) is 0 Å². The third-order valence-corrected chi connectivity index (χ3v) is 14.8. The lowest BCUT2D eigenvalue weighted by molar-refractivity contribution is 1.12. The molecule has 0 spiro atoms. The van der Waals surface area contributed by atoms with Crippen LogP contribution in [0.15, 0.2) is 218 Å². The molecule has 0 fully saturated rings. The molecule has 11 aromatic carbocycles. The highest BCUT2D eigenvalue weighted by Gasteiger charge is 2.24. The lowest BCUT2D eigenvalue weighted by atomic mass is 10.0. The third kappa shape index (κ3) is 5.14. The molecule has 0 atom stereocenters. The predicted octanol–water partition coefficient (Wildman–Crippen LogP) is 16.1. The highest BCUT2D eigenvalue weighted by atomic mass is 15.0. The van der Waals surface area contributed by atoms with Gasteiger partial charge >= 0.3 is 0 Å². The Labute approximate surface area is 400 Å². The van der Waals surface area contributed by atoms with Crippen molar-refractivity contribution in [1.29, 1.82) is 10.5 Å². The number of aromatic nitrogens is 4. The van der Waals surface area contributed by atoms with Gasteiger partial charge in [0.05, 0.1) is 66.6 Å². The maximum atomic E-state index is 11.4. The molecule has 6 heteroatoms. The molecular weight excluding hydrogens is 853 g/mol. The SMILES string of the molecule is N#Cc1cc(-n2c3cc(-n4c5ccccc5c5ccccc54)ccc3c3c4ccccc4ccc32)c(C#N)cc1-n1c2cc(-n3c4ccccc4c4ccccc43)ccc2c2c3ccccc3ccc21. The monoisotopic (exact) mass is 888 g/mol. The Morgan fingerprint density at radius 2 is 0.600 bits per heavy atom. The van der Waals surface area contributed by atoms with Gasteiger partial charge in [0, 0.05) is 54.5 Å². The maximum absolute atomic E-state index is 11.4. The Bertz CT molecular complexity index is 4450. The van der Waals surface area contributed by atoms with Crippen LogP contribution in [0.25, 0.3) is 132 Å². The van der Waals surface area contributed by atoms with E-state index in [1.807, 2.05) is 12.1 Å². The molecule has 0 radical (unpaired) electrons. The van der Waals surface area contributed by atoms with Crippen LogP contribution in [-0.2, 0) is 0 Å². The van der Waals surface area contributed by atoms with E-state index in [9.17, 15) is 10.5 Å². The summed E-state index contributed by atoms with van der Waals surface area (Å²) in [6.07, 6.45) is 0. The van der Waals surface area contributed by atoms with E-state index in [0.29, 0.717) is 22.5 Å². The highest BCUT2D eigenvalue weighted by Crippen LogP contribution is 2.44. The van der Waals surface area contributed by atoms with Crippen molar-refractivity contribution in [3.63, 3.8) is 0 Å². The van der Waals surface area contributed by atoms with E-state index >= 15 is 0 Å². The smallest absolute Gasteiger partial charge is 0.101 e. The van der Waals surface area contributed by atoms with E-state index in [1.165, 1.54) is 21.5 Å². The zero-order valence-electron chi connectivity index (χ0n) is 37.5. The minimum absolute atomic E-state index is 0.456. The second-order valence-corrected chi connectivity index (χ2v) is 18.3. The van der Waals surface area contributed by atoms with Gasteiger partial charge in [0.25, 0.3) is 0 Å². The molecule has 0 amide bonds. The van der Waals surface area contributed by atoms with Crippen molar-refractivity contribution in [3.8, 4) is 34.9 Å². The quantitative estimate of drug-likeness (QED) is 0.177. The molecule has 0 saturated carbocycles. The predicted molar refractivity (Wildman–Crippen MR) is 288 cm³/mol. The first-order chi connectivity index (χ1) is 34.7. The molecule has 0 aliphatic heterocycles. The number of rotatable bonds is 4. The van der Waals surface area contributed by atoms with Crippen molar-refractivity contribution in [1.82, 2.24) is 18.3 Å². The van der Waals surface area contributed by atoms with E-state index in [1.54, 1.807) is 0 Å². The van der Waals surface area contributed by atoms with Crippen LogP contribution in [0, 0.1) is 22.7 Å². The Balaban J connectivity index is 1.03. The molecule has 4 heterocycles. The van der Waals surface area contributed by atoms with E-state index in [0.717, 1.165) is 98.6 Å². The number of hydrogen-bond donors (Lipinski definition) is 0. The van der Waals surface area contributed by atoms with Crippen LogP contribution in [0.1, 0.15) is 11.1 Å². The number of nitrogens with zero attached hydrogens (tertiary/aromatic N) is 6. The summed E-state index contributed by atoms with van der Waals surface area (Å²) in [6.45, 7) is 0. The minimum Gasteiger partial charge on any atom is -0.309 e. The Morgan fingerprint density at radius 3 is 0.971 bits per heavy atom. The fraction of sp³-hybridized carbons (Fsp3) is 0. The summed E-state index contributed by atoms with van der Waals surface area (Å²) >= 11 is 0. The van der Waals surface area contributed by atoms with E-state index < -0.39 is 0 Å². The fourth-order valence-corrected chi connectivity index (χ4v) is 11.9. The average Bonchev–Trinajstić information content (AvgIpc) is 4.15. The molecule has 0 aliphatic rings. The maximum Gasteiger partial charge on any atom is 0.101 e. The number of fused-ring (bicyclic) bond motifs is 16. The molecule has 0 saturated heterocycles. The minimum atomic E-state index is 0.456. The van der Waals surface area contributed by atoms with Crippen LogP contribution in [-0.4, -0.2) is 18.3 Å². The number of benzene rings is 11. The van der Waals surface area contributed by atoms with Gasteiger partial charge in [-0.2, -0.15) is 10.5 Å². The molecule has 70 heavy (non-hydrogen) atoms. The fourth-order valence-electron chi connectivity index (χ4n) is 11.9. The van der Waals surface area contributed by atoms with Gasteiger partial charge < -0.3 is 18.3 Å². The van der Waals surface area contributed by atoms with Gasteiger partial charge in [-0.3, -0.25) is 0 Å². The van der Waals surface area contributed by atoms with E-state index in [-0.39, 0.29) is 0 Å². The van der Waals surface area contributed by atoms with Crippen molar-refractivity contribution < 1.29 is 0 Å². The number of para-hydroxylation sites is 4. The summed E-state index contributed by atoms with van der Waals surface area (Å²) < 4.78 is 9.08. The molecule has 322 valence electrons. The Hall–Kier alpha value is -9.88. The molecule has 0 unspecified atom stereocenters. The van der Waals surface area contributed by atoms with Crippen molar-refractivity contribution in [3.05, 3.63) is 230 Å². The Kier molecular flexibility index (Phi) is 7.82. The van der Waals surface area contributed by atoms with Gasteiger partial charge in [-0.05, 0) is 94.3 Å². The second-order valence-electron chi connectivity index (χ2n) is 18.3. The molecule has 15 rings (SSSR count). The van der Waals surface area contributed by atoms with Crippen molar-refractivity contribution in [2.24, 2.45) is 0 Å². The van der Waals surface area contributed by atoms with Crippen molar-refractivity contribution in [2.45, 2.75) is 0 Å². The standard InChI is InChI=1S/C64H36N6/c65-37-41-34-60(70-58-32-26-40-14-2-4-16-46(40)64(58)52-30-28-44(36-62(52)70)68-55-23-11-7-19-49(55)50-20-8-12-24-56(50)68)42(38-66)33-59(41)69-57-31-25-39-13-1-3-15-45(39)63(57)51-29-27-43(35-61(51)69)67-53-21-9-5-17-47(53)48-18-6-10-22-54(48)67/h1-36H. The Morgan fingerprint density at radius 1 is 0.257 bits per heavy atom. The molecular formula is C64H36N6. The van der Waals surface area contributed by atoms with Crippen LogP contribution in [0.4, 0.5) is 0 Å². The zero-order valence-corrected chi connectivity index (χ0v) is 37.5. The highest BCUT2D eigenvalue weighted by molar-refractivity contribution is 6.23. The summed E-state index contributed by atoms with van der Waals surface area (Å²) in [5.74, 6) is 0. The van der Waals surface area contributed by atoms with Crippen LogP contribution in [0.3, 0.4) is 0 Å². The van der Waals surface area contributed by atoms with E-state index in [2.05, 4.69) is 237 Å². The summed E-state index contributed by atoms with van der Waals surface area (Å²) in [5.41, 5.74) is 12.5. The van der Waals surface area contributed by atoms with Gasteiger partial charge in [-0.1, -0.05) is 146 Å². The zero-order chi connectivity index (χ0) is 46.2. The van der Waals surface area contributed by atoms with Crippen molar-refractivity contribution in [2.75, 3.05) is 0 Å². The summed E-state index contributed by atoms with van der Waals surface area (Å²) in [7, 11) is 0. The summed E-state index contributed by atoms with van der Waals surface area (Å²) in [4.78, 5) is 0. The first-order valence-corrected chi connectivity index (χ1v) is 23.5. The van der Waals surface area contributed by atoms with Gasteiger partial charge in [0.2, 0.25) is 0 Å². The van der Waals surface area contributed by atoms with Crippen molar-refractivity contribution >= 4 is 109 Å². The normalized spacial score (nSPS) is 12.0. The van der Waals surface area contributed by atoms with Gasteiger partial charge in [0.1, 0.15) is 12.1 Å². The first kappa shape index (κ1) is 38.2. The first-order valence-electron chi connectivity index (χ1n) is 23.5. The van der Waals surface area contributed by atoms with Crippen LogP contribution in [0.5, 0.6) is 0 Å². The van der Waals surface area contributed by atoms with Crippen LogP contribution < -0.4 is 0 Å². The lowest BCUT2D eigenvalue weighted by Crippen LogP contribution is -2.05. The summed E-state index contributed by atoms with van der Waals surface area (Å²) in [6, 6.07) is 82.3. The third-order valence-electron chi connectivity index (χ3n) is 14.8. The average molecular weight is 889 g/mol.